The number of Topliss-reactive ketones (excluding diaryl/α,β-unsaturated/α-hetero) is 2. The average Bonchev–Trinajstić information content (AvgIpc) is 3.83. The first-order chi connectivity index (χ1) is 32.1. The van der Waals surface area contributed by atoms with Crippen LogP contribution in [-0.4, -0.2) is 156 Å². The number of aliphatic carboxylic acids is 1. The molecule has 3 aromatic rings. The molecule has 34 heteroatoms. The molecule has 29 nitrogen and oxygen atoms in total. The van der Waals surface area contributed by atoms with Crippen molar-refractivity contribution in [3.05, 3.63) is 48.1 Å². The number of aliphatic hydroxyl groups is 2. The number of hydrogen-bond acceptors (Lipinski definition) is 22. The van der Waals surface area contributed by atoms with Gasteiger partial charge in [-0.05, 0) is 23.8 Å². The van der Waals surface area contributed by atoms with E-state index in [0.717, 1.165) is 29.0 Å². The van der Waals surface area contributed by atoms with Crippen LogP contribution < -0.4 is 16.4 Å². The molecule has 2 amide bonds. The number of amides is 2. The van der Waals surface area contributed by atoms with Gasteiger partial charge in [-0.1, -0.05) is 41.9 Å². The van der Waals surface area contributed by atoms with Gasteiger partial charge in [-0.25, -0.2) is 33.4 Å². The van der Waals surface area contributed by atoms with Crippen molar-refractivity contribution < 1.29 is 100 Å². The number of thioether (sulfide) groups is 1. The fourth-order valence-electron chi connectivity index (χ4n) is 5.40. The lowest BCUT2D eigenvalue weighted by molar-refractivity contribution is -0.137. The molecule has 1 fully saturated rings. The number of alkyl halides is 1. The van der Waals surface area contributed by atoms with Gasteiger partial charge in [0.25, 0.3) is 0 Å². The number of carbonyl (C=O) groups excluding carboxylic acids is 4. The molecule has 7 atom stereocenters. The number of phenolic OH excluding ortho intramolecular Hbond substituents is 1. The van der Waals surface area contributed by atoms with Crippen LogP contribution >= 0.6 is 51.2 Å². The van der Waals surface area contributed by atoms with Crippen molar-refractivity contribution in [2.45, 2.75) is 50.9 Å². The van der Waals surface area contributed by atoms with Crippen molar-refractivity contribution >= 4 is 104 Å². The summed E-state index contributed by atoms with van der Waals surface area (Å²) >= 11 is 4.04. The van der Waals surface area contributed by atoms with Crippen LogP contribution in [0.4, 0.5) is 5.82 Å². The van der Waals surface area contributed by atoms with Gasteiger partial charge in [0.1, 0.15) is 53.7 Å². The second kappa shape index (κ2) is 26.0. The fraction of sp³-hybridized carbons (Fsp3) is 0.457. The third-order valence-corrected chi connectivity index (χ3v) is 13.4. The number of fused-ring (bicyclic) bond motifs is 1. The number of nitrogens with zero attached hydrogens (tertiary/aromatic N) is 5. The minimum Gasteiger partial charge on any atom is -0.508 e. The molecule has 2 aromatic heterocycles. The van der Waals surface area contributed by atoms with E-state index in [1.807, 2.05) is 0 Å². The maximum Gasteiger partial charge on any atom is 0.481 e. The van der Waals surface area contributed by atoms with E-state index in [9.17, 15) is 67.5 Å². The Labute approximate surface area is 403 Å². The fourth-order valence-corrected chi connectivity index (χ4v) is 9.28. The van der Waals surface area contributed by atoms with Gasteiger partial charge < -0.3 is 61.1 Å². The van der Waals surface area contributed by atoms with E-state index >= 15 is 0 Å². The third kappa shape index (κ3) is 18.9. The number of nitrogens with one attached hydrogen (secondary N) is 2. The van der Waals surface area contributed by atoms with Crippen molar-refractivity contribution in [1.29, 1.82) is 5.26 Å². The Hall–Kier alpha value is -4.57. The number of ether oxygens (including phenoxy) is 1. The number of nitriles is 1. The zero-order chi connectivity index (χ0) is 51.9. The Balaban J connectivity index is 0.000000768. The maximum atomic E-state index is 12.6. The number of carboxylic acids is 1. The van der Waals surface area contributed by atoms with E-state index in [1.54, 1.807) is 6.07 Å². The number of nitrogens with two attached hydrogens (primary N) is 1. The molecule has 3 heterocycles. The number of anilines is 1. The zero-order valence-corrected chi connectivity index (χ0v) is 41.0. The van der Waals surface area contributed by atoms with Gasteiger partial charge >= 0.3 is 29.4 Å². The standard InChI is InChI=1S/C25H39BrN7O18P3S.C10H7NO3/c1-25(2,20(38)23(39)29-4-3-16(36)28-5-6-55-9-14(35)13(34)7-26)10-48-54(45,46)51-53(43,44)47-8-15-19(50-52(40,41)42)18(37)24(49-15)33-12-32-17-21(27)30-11-31-22(17)33;11-6-8(10(13)14)5-7-1-3-9(12)4-2-7/h11-12,15,18-20,24,37-38H,3-10H2,1-2H3,(H,28,36)(H,29,39)(H,43,44)(H,45,46)(H2,27,30,31)(H2,40,41,42);1-5,12H,(H,13,14)/t15-,18-,19-,20+,24-;/m1./s1. The van der Waals surface area contributed by atoms with Gasteiger partial charge in [0.15, 0.2) is 17.7 Å². The normalized spacial score (nSPS) is 19.5. The number of aromatic nitrogens is 4. The molecular weight excluding hydrogens is 1070 g/mol. The number of rotatable bonds is 25. The van der Waals surface area contributed by atoms with E-state index in [1.165, 1.54) is 44.2 Å². The van der Waals surface area contributed by atoms with Gasteiger partial charge in [0.2, 0.25) is 23.4 Å². The summed E-state index contributed by atoms with van der Waals surface area (Å²) in [4.78, 5) is 109. The van der Waals surface area contributed by atoms with Crippen LogP contribution in [0.5, 0.6) is 5.75 Å². The number of imidazole rings is 1. The van der Waals surface area contributed by atoms with Crippen LogP contribution in [0.1, 0.15) is 32.1 Å². The Morgan fingerprint density at radius 2 is 1.68 bits per heavy atom. The lowest BCUT2D eigenvalue weighted by atomic mass is 9.87. The molecule has 1 aliphatic rings. The number of ketones is 2. The third-order valence-electron chi connectivity index (χ3n) is 8.87. The van der Waals surface area contributed by atoms with Crippen LogP contribution in [-0.2, 0) is 60.3 Å². The number of phosphoric acid groups is 3. The molecule has 12 N–H and O–H groups in total. The molecule has 0 radical (unpaired) electrons. The zero-order valence-electron chi connectivity index (χ0n) is 35.9. The van der Waals surface area contributed by atoms with Crippen molar-refractivity contribution in [1.82, 2.24) is 30.2 Å². The monoisotopic (exact) mass is 1120 g/mol. The van der Waals surface area contributed by atoms with Crippen molar-refractivity contribution in [3.8, 4) is 11.8 Å². The first-order valence-corrected chi connectivity index (χ1v) is 26.1. The van der Waals surface area contributed by atoms with Crippen molar-refractivity contribution in [2.75, 3.05) is 48.9 Å². The summed E-state index contributed by atoms with van der Waals surface area (Å²) < 4.78 is 61.9. The lowest BCUT2D eigenvalue weighted by Crippen LogP contribution is -2.46. The number of nitrogen functional groups attached to an aromatic ring is 1. The number of phenols is 1. The molecule has 1 saturated heterocycles. The second-order valence-corrected chi connectivity index (χ2v) is 20.6. The van der Waals surface area contributed by atoms with E-state index in [4.69, 9.17) is 35.0 Å². The quantitative estimate of drug-likeness (QED) is 0.0133. The minimum atomic E-state index is -5.58. The summed E-state index contributed by atoms with van der Waals surface area (Å²) in [6, 6.07) is 7.45. The Kier molecular flexibility index (Phi) is 22.2. The number of phosphoric ester groups is 3. The van der Waals surface area contributed by atoms with E-state index in [2.05, 4.69) is 50.3 Å². The molecule has 0 bridgehead atoms. The highest BCUT2D eigenvalue weighted by molar-refractivity contribution is 9.09. The van der Waals surface area contributed by atoms with Gasteiger partial charge in [0.05, 0.1) is 30.6 Å². The van der Waals surface area contributed by atoms with Gasteiger partial charge in [-0.3, -0.25) is 37.3 Å². The van der Waals surface area contributed by atoms with Crippen LogP contribution in [0.2, 0.25) is 0 Å². The average molecular weight is 1120 g/mol. The van der Waals surface area contributed by atoms with Gasteiger partial charge in [0, 0.05) is 30.7 Å². The van der Waals surface area contributed by atoms with Crippen LogP contribution in [0.3, 0.4) is 0 Å². The topological polar surface area (TPSA) is 462 Å². The number of hydrogen-bond donors (Lipinski definition) is 11. The van der Waals surface area contributed by atoms with E-state index in [0.29, 0.717) is 11.3 Å². The summed E-state index contributed by atoms with van der Waals surface area (Å²) in [5, 5.41) is 52.1. The summed E-state index contributed by atoms with van der Waals surface area (Å²) in [6.07, 6.45) is -5.77. The first kappa shape index (κ1) is 58.7. The maximum absolute atomic E-state index is 12.6. The van der Waals surface area contributed by atoms with Gasteiger partial charge in [-0.2, -0.15) is 21.3 Å². The van der Waals surface area contributed by atoms with E-state index < -0.39 is 102 Å². The molecule has 0 spiro atoms. The molecule has 4 rings (SSSR count). The van der Waals surface area contributed by atoms with Crippen molar-refractivity contribution in [3.63, 3.8) is 0 Å². The molecule has 69 heavy (non-hydrogen) atoms. The number of halogens is 1. The first-order valence-electron chi connectivity index (χ1n) is 19.3. The van der Waals surface area contributed by atoms with Crippen LogP contribution in [0, 0.1) is 16.7 Å². The lowest BCUT2D eigenvalue weighted by Gasteiger charge is -2.30. The Morgan fingerprint density at radius 3 is 2.29 bits per heavy atom. The predicted molar refractivity (Wildman–Crippen MR) is 240 cm³/mol. The highest BCUT2D eigenvalue weighted by Gasteiger charge is 2.50. The number of benzene rings is 1. The Morgan fingerprint density at radius 1 is 1.03 bits per heavy atom. The number of aliphatic hydroxyl groups excluding tert-OH is 2. The molecule has 1 aliphatic heterocycles. The molecular formula is C35H46BrN8O21P3S. The molecule has 380 valence electrons. The number of carboxylic acid groups (broad SMARTS) is 1. The second-order valence-electron chi connectivity index (χ2n) is 14.7. The van der Waals surface area contributed by atoms with Crippen molar-refractivity contribution in [2.24, 2.45) is 5.41 Å². The number of aromatic hydroxyl groups is 1. The molecule has 0 saturated carbocycles. The minimum absolute atomic E-state index is 0.0240. The summed E-state index contributed by atoms with van der Waals surface area (Å²) in [7, 11) is -16.4. The highest BCUT2D eigenvalue weighted by atomic mass is 79.9. The van der Waals surface area contributed by atoms with Crippen LogP contribution in [0.15, 0.2) is 42.5 Å². The van der Waals surface area contributed by atoms with Gasteiger partial charge in [-0.15, -0.1) is 0 Å². The predicted octanol–water partition coefficient (Wildman–Crippen LogP) is 0.0550. The van der Waals surface area contributed by atoms with E-state index in [-0.39, 0.29) is 58.9 Å². The highest BCUT2D eigenvalue weighted by Crippen LogP contribution is 2.61. The molecule has 0 aliphatic carbocycles. The molecule has 2 unspecified atom stereocenters. The summed E-state index contributed by atoms with van der Waals surface area (Å²) in [6.45, 7) is 0.379. The summed E-state index contributed by atoms with van der Waals surface area (Å²) in [5.74, 6) is -3.50. The smallest absolute Gasteiger partial charge is 0.481 e. The largest absolute Gasteiger partial charge is 0.508 e. The van der Waals surface area contributed by atoms with Crippen LogP contribution in [0.25, 0.3) is 17.2 Å². The Bertz CT molecular complexity index is 2540. The molecule has 1 aromatic carbocycles. The number of carbonyl (C=O) groups is 5. The summed E-state index contributed by atoms with van der Waals surface area (Å²) in [5.41, 5.74) is 4.44. The SMILES string of the molecule is CC(C)(COP(=O)(O)OP(=O)(O)OC[C@H]1O[C@@H](n2cnc3c(N)ncnc32)[C@H](O)[C@@H]1OP(=O)(O)O)[C@@H](O)C(=O)NCCC(=O)NCCSCC(=O)C(=O)CBr.N#CC(=Cc1ccc(O)cc1)C(=O)O.